The maximum absolute atomic E-state index is 5.88. The third-order valence-electron chi connectivity index (χ3n) is 12.8. The van der Waals surface area contributed by atoms with Crippen LogP contribution in [-0.4, -0.2) is 4.26 Å². The molecule has 0 saturated carbocycles. The summed E-state index contributed by atoms with van der Waals surface area (Å²) in [7, 11) is 0. The van der Waals surface area contributed by atoms with Gasteiger partial charge in [0, 0.05) is 0 Å². The van der Waals surface area contributed by atoms with Crippen molar-refractivity contribution < 1.29 is 15.1 Å². The van der Waals surface area contributed by atoms with E-state index >= 15 is 0 Å². The van der Waals surface area contributed by atoms with E-state index in [0.717, 1.165) is 0 Å². The second-order valence-corrected chi connectivity index (χ2v) is 65.3. The van der Waals surface area contributed by atoms with Crippen molar-refractivity contribution in [3.8, 4) is 11.1 Å². The first kappa shape index (κ1) is 28.4. The molecular weight excluding hydrogens is 635 g/mol. The quantitative estimate of drug-likeness (QED) is 0.240. The summed E-state index contributed by atoms with van der Waals surface area (Å²) in [5, 5.41) is 0. The third kappa shape index (κ3) is 3.35. The van der Waals surface area contributed by atoms with Crippen LogP contribution in [0.1, 0.15) is 81.3 Å². The first-order valence-corrected chi connectivity index (χ1v) is 32.7. The van der Waals surface area contributed by atoms with Gasteiger partial charge in [0.15, 0.2) is 0 Å². The fraction of sp³-hybridized carbons (Fsp3) is 0.395. The molecule has 1 heteroatoms. The van der Waals surface area contributed by atoms with Crippen LogP contribution in [-0.2, 0) is 25.9 Å². The summed E-state index contributed by atoms with van der Waals surface area (Å²) >= 11 is -5.68. The Kier molecular flexibility index (Phi) is 5.52. The zero-order valence-corrected chi connectivity index (χ0v) is 29.7. The van der Waals surface area contributed by atoms with Crippen molar-refractivity contribution in [1.29, 1.82) is 0 Å². The van der Waals surface area contributed by atoms with Gasteiger partial charge in [-0.15, -0.1) is 0 Å². The van der Waals surface area contributed by atoms with E-state index in [0.29, 0.717) is 3.67 Å². The zero-order valence-electron chi connectivity index (χ0n) is 26.1. The molecule has 0 unspecified atom stereocenters. The molecule has 0 spiro atoms. The van der Waals surface area contributed by atoms with E-state index in [1.54, 1.807) is 0 Å². The van der Waals surface area contributed by atoms with Crippen molar-refractivity contribution in [3.05, 3.63) is 113 Å². The minimum atomic E-state index is -5.68. The topological polar surface area (TPSA) is 0 Å². The summed E-state index contributed by atoms with van der Waals surface area (Å²) in [5.41, 5.74) is 8.70. The molecule has 0 amide bonds. The van der Waals surface area contributed by atoms with Crippen LogP contribution in [0.3, 0.4) is 0 Å². The van der Waals surface area contributed by atoms with Gasteiger partial charge in [0.2, 0.25) is 0 Å². The molecule has 0 heterocycles. The molecule has 2 aliphatic carbocycles. The monoisotopic (exact) mass is 686 g/mol. The van der Waals surface area contributed by atoms with Crippen LogP contribution in [0.4, 0.5) is 0 Å². The van der Waals surface area contributed by atoms with Crippen molar-refractivity contribution in [3.63, 3.8) is 0 Å². The van der Waals surface area contributed by atoms with Gasteiger partial charge < -0.3 is 0 Å². The Morgan fingerprint density at radius 3 is 1.49 bits per heavy atom. The average molecular weight is 685 g/mol. The standard InChI is InChI=1S/C21H25.C6H5.C5H5.C3H7.2CH3.CH2.Hf/c1-20(2,3)16-7-9-18-14(12-16)11-15-13-17(21(4,5)6)8-10-19(15)18;1-2-4-6-5-3-1;1-2-4-5-3-1;1-3-2;;;;/h7-13H,1-6H3;1-5H;1-5H;3H,1-2H3;2*1H3;1H2;. The molecule has 0 aromatic heterocycles. The second-order valence-electron chi connectivity index (χ2n) is 17.5. The molecule has 0 N–H and O–H groups in total. The van der Waals surface area contributed by atoms with Crippen molar-refractivity contribution >= 4 is 7.58 Å². The molecule has 3 aromatic carbocycles. The average Bonchev–Trinajstić information content (AvgIpc) is 3.51. The Morgan fingerprint density at radius 2 is 1.10 bits per heavy atom. The first-order chi connectivity index (χ1) is 17.8. The van der Waals surface area contributed by atoms with Crippen LogP contribution in [0.25, 0.3) is 11.1 Å². The van der Waals surface area contributed by atoms with Crippen LogP contribution in [0, 0.1) is 0 Å². The van der Waals surface area contributed by atoms with Gasteiger partial charge >= 0.3 is 234 Å². The van der Waals surface area contributed by atoms with Gasteiger partial charge in [0.25, 0.3) is 0 Å². The summed E-state index contributed by atoms with van der Waals surface area (Å²) in [6.45, 7) is 19.0. The molecule has 5 rings (SSSR count). The number of rotatable bonds is 4. The van der Waals surface area contributed by atoms with Gasteiger partial charge in [0.05, 0.1) is 0 Å². The molecule has 2 aliphatic rings. The van der Waals surface area contributed by atoms with E-state index in [-0.39, 0.29) is 18.2 Å². The van der Waals surface area contributed by atoms with Crippen LogP contribution in [0.2, 0.25) is 16.7 Å². The molecule has 0 nitrogen and oxygen atoms in total. The summed E-state index contributed by atoms with van der Waals surface area (Å²) in [6, 6.07) is 26.2. The summed E-state index contributed by atoms with van der Waals surface area (Å²) < 4.78 is 13.6. The Bertz CT molecular complexity index is 1590. The molecule has 206 valence electrons. The number of benzene rings is 3. The fourth-order valence-electron chi connectivity index (χ4n) is 8.60. The van der Waals surface area contributed by atoms with E-state index < -0.39 is 15.1 Å². The van der Waals surface area contributed by atoms with Gasteiger partial charge in [-0.25, -0.2) is 0 Å². The molecule has 0 fully saturated rings. The third-order valence-corrected chi connectivity index (χ3v) is 64.4. The van der Waals surface area contributed by atoms with Crippen molar-refractivity contribution in [1.82, 2.24) is 0 Å². The van der Waals surface area contributed by atoms with Gasteiger partial charge in [-0.05, 0) is 0 Å². The molecule has 0 saturated heterocycles. The summed E-state index contributed by atoms with van der Waals surface area (Å²) in [4.78, 5) is 0. The van der Waals surface area contributed by atoms with Crippen LogP contribution < -0.4 is 3.32 Å². The number of fused-ring (bicyclic) bond motifs is 3. The molecule has 0 atom stereocenters. The number of hydrogen-bond acceptors (Lipinski definition) is 0. The SMILES string of the molecule is [CH2]=[Hf]([CH3])([CH3])([c]1ccccc1)([CH](C)C)([CH]1C=CC=C1)[CH]1c2cc(C(C)(C)C)ccc2-c2ccc(C(C)(C)C)cc21. The molecule has 0 bridgehead atoms. The Hall–Kier alpha value is -2.12. The second kappa shape index (κ2) is 7.58. The van der Waals surface area contributed by atoms with Crippen LogP contribution >= 0.6 is 0 Å². The maximum atomic E-state index is 5.88. The Morgan fingerprint density at radius 1 is 0.667 bits per heavy atom. The number of allylic oxidation sites excluding steroid dienone is 4. The van der Waals surface area contributed by atoms with E-state index in [2.05, 4.69) is 156 Å². The zero-order chi connectivity index (χ0) is 28.8. The fourth-order valence-corrected chi connectivity index (χ4v) is 44.4. The Balaban J connectivity index is 2.08. The first-order valence-electron chi connectivity index (χ1n) is 15.0. The predicted octanol–water partition coefficient (Wildman–Crippen LogP) is 10.7. The van der Waals surface area contributed by atoms with Gasteiger partial charge in [-0.2, -0.15) is 0 Å². The van der Waals surface area contributed by atoms with E-state index in [4.69, 9.17) is 4.26 Å². The van der Waals surface area contributed by atoms with Gasteiger partial charge in [-0.3, -0.25) is 0 Å². The number of hydrogen-bond donors (Lipinski definition) is 0. The normalized spacial score (nSPS) is 18.9. The van der Waals surface area contributed by atoms with Crippen molar-refractivity contribution in [2.24, 2.45) is 0 Å². The molecule has 0 radical (unpaired) electrons. The molecular formula is C38H50Hf. The van der Waals surface area contributed by atoms with E-state index in [9.17, 15) is 0 Å². The van der Waals surface area contributed by atoms with Crippen molar-refractivity contribution in [2.75, 3.05) is 0 Å². The minimum absolute atomic E-state index is 0.0652. The van der Waals surface area contributed by atoms with Crippen molar-refractivity contribution in [2.45, 2.75) is 86.6 Å². The summed E-state index contributed by atoms with van der Waals surface area (Å²) in [6.07, 6.45) is 9.53. The van der Waals surface area contributed by atoms with Gasteiger partial charge in [0.1, 0.15) is 0 Å². The van der Waals surface area contributed by atoms with E-state index in [1.165, 1.54) is 36.7 Å². The summed E-state index contributed by atoms with van der Waals surface area (Å²) in [5.74, 6) is 0. The Labute approximate surface area is 232 Å². The molecule has 3 aromatic rings. The van der Waals surface area contributed by atoms with Gasteiger partial charge in [-0.1, -0.05) is 0 Å². The van der Waals surface area contributed by atoms with Crippen LogP contribution in [0.5, 0.6) is 0 Å². The van der Waals surface area contributed by atoms with Crippen LogP contribution in [0.15, 0.2) is 91.0 Å². The molecule has 39 heavy (non-hydrogen) atoms. The predicted molar refractivity (Wildman–Crippen MR) is 173 cm³/mol. The molecule has 0 aliphatic heterocycles. The van der Waals surface area contributed by atoms with E-state index in [1.807, 2.05) is 0 Å².